The summed E-state index contributed by atoms with van der Waals surface area (Å²) in [6, 6.07) is 33.1. The van der Waals surface area contributed by atoms with Gasteiger partial charge < -0.3 is 25.2 Å². The van der Waals surface area contributed by atoms with Gasteiger partial charge in [-0.2, -0.15) is 0 Å². The van der Waals surface area contributed by atoms with Crippen molar-refractivity contribution >= 4 is 17.5 Å². The van der Waals surface area contributed by atoms with Crippen LogP contribution in [0.4, 0.5) is 10.5 Å². The second-order valence-corrected chi connectivity index (χ2v) is 16.0. The summed E-state index contributed by atoms with van der Waals surface area (Å²) in [4.78, 5) is 30.8. The molecule has 4 aromatic carbocycles. The van der Waals surface area contributed by atoms with E-state index >= 15 is 0 Å². The Kier molecular flexibility index (Phi) is 11.5. The number of fused-ring (bicyclic) bond motifs is 8. The van der Waals surface area contributed by atoms with Crippen LogP contribution in [0.15, 0.2) is 115 Å². The Hall–Kier alpha value is -4.56. The van der Waals surface area contributed by atoms with Gasteiger partial charge in [-0.15, -0.1) is 0 Å². The largest absolute Gasteiger partial charge is 0.393 e. The molecule has 1 aliphatic heterocycles. The molecule has 54 heavy (non-hydrogen) atoms. The highest BCUT2D eigenvalue weighted by Gasteiger charge is 2.58. The lowest BCUT2D eigenvalue weighted by Gasteiger charge is -2.46. The third-order valence-electron chi connectivity index (χ3n) is 12.4. The zero-order valence-electron chi connectivity index (χ0n) is 31.7. The molecular weight excluding hydrogens is 673 g/mol. The lowest BCUT2D eigenvalue weighted by Crippen LogP contribution is -2.55. The van der Waals surface area contributed by atoms with Gasteiger partial charge >= 0.3 is 6.03 Å². The average molecular weight is 727 g/mol. The van der Waals surface area contributed by atoms with Crippen LogP contribution < -0.4 is 5.32 Å². The number of nitrogens with zero attached hydrogens (tertiary/aromatic N) is 1. The molecule has 1 heterocycles. The zero-order valence-corrected chi connectivity index (χ0v) is 31.7. The van der Waals surface area contributed by atoms with Crippen molar-refractivity contribution in [1.82, 2.24) is 4.90 Å². The highest BCUT2D eigenvalue weighted by atomic mass is 16.5. The molecule has 3 aliphatic carbocycles. The van der Waals surface area contributed by atoms with E-state index < -0.39 is 17.1 Å². The number of aliphatic hydroxyl groups is 2. The van der Waals surface area contributed by atoms with Gasteiger partial charge in [0.25, 0.3) is 0 Å². The van der Waals surface area contributed by atoms with Crippen molar-refractivity contribution in [2.75, 3.05) is 25.0 Å². The Bertz CT molecular complexity index is 1960. The van der Waals surface area contributed by atoms with E-state index in [-0.39, 0.29) is 30.4 Å². The van der Waals surface area contributed by atoms with E-state index in [4.69, 9.17) is 4.74 Å². The van der Waals surface area contributed by atoms with Crippen LogP contribution in [0.3, 0.4) is 0 Å². The molecule has 7 heteroatoms. The third kappa shape index (κ3) is 8.09. The summed E-state index contributed by atoms with van der Waals surface area (Å²) >= 11 is 0. The highest BCUT2D eigenvalue weighted by molar-refractivity contribution is 6.13. The van der Waals surface area contributed by atoms with Gasteiger partial charge in [0, 0.05) is 35.4 Å². The summed E-state index contributed by atoms with van der Waals surface area (Å²) in [5.74, 6) is -0.230. The van der Waals surface area contributed by atoms with E-state index in [9.17, 15) is 19.8 Å². The number of anilines is 1. The van der Waals surface area contributed by atoms with Crippen molar-refractivity contribution in [3.8, 4) is 11.1 Å². The minimum absolute atomic E-state index is 0.0661. The Morgan fingerprint density at radius 3 is 2.39 bits per heavy atom. The van der Waals surface area contributed by atoms with Gasteiger partial charge in [0.05, 0.1) is 24.4 Å². The van der Waals surface area contributed by atoms with Gasteiger partial charge in [0.15, 0.2) is 5.78 Å². The van der Waals surface area contributed by atoms with Gasteiger partial charge in [-0.05, 0) is 111 Å². The van der Waals surface area contributed by atoms with Gasteiger partial charge in [-0.3, -0.25) is 4.79 Å². The van der Waals surface area contributed by atoms with E-state index in [1.165, 1.54) is 5.57 Å². The molecule has 4 aromatic rings. The molecule has 5 atom stereocenters. The van der Waals surface area contributed by atoms with Crippen molar-refractivity contribution in [2.45, 2.75) is 95.4 Å². The summed E-state index contributed by atoms with van der Waals surface area (Å²) in [5.41, 5.74) is 4.89. The first-order chi connectivity index (χ1) is 26.1. The number of carbonyl (C=O) groups is 2. The first-order valence-corrected chi connectivity index (χ1v) is 19.7. The molecule has 282 valence electrons. The zero-order chi connectivity index (χ0) is 37.7. The number of hydrogen-bond acceptors (Lipinski definition) is 5. The molecule has 0 radical (unpaired) electrons. The standard InChI is InChI=1S/C47H54N2O5/c1-33-13-11-26-46(2)43(25-27-47(46,53)32-49(31-38-18-12-28-54-38)45(52)48-36-16-7-4-8-17-36)40-24-22-34(29-37(50)23-21-33)30-42(40)44(51)41-20-10-9-19-39(41)35-14-5-3-6-15-35/h3-10,13-17,19-20,22,24,30,37-38,43,50,53H,11-12,18,21,23,25-29,31-32H2,1-2H3,(H,48,52)/t37-,38+,43-,46-,47+/m0/s1. The molecule has 2 fully saturated rings. The normalized spacial score (nSPS) is 25.7. The average Bonchev–Trinajstić information content (AvgIpc) is 3.79. The smallest absolute Gasteiger partial charge is 0.322 e. The summed E-state index contributed by atoms with van der Waals surface area (Å²) in [5, 5.41) is 27.3. The van der Waals surface area contributed by atoms with E-state index in [1.54, 1.807) is 4.90 Å². The minimum Gasteiger partial charge on any atom is -0.393 e. The summed E-state index contributed by atoms with van der Waals surface area (Å²) in [6.07, 6.45) is 7.84. The summed E-state index contributed by atoms with van der Waals surface area (Å²) < 4.78 is 6.02. The number of aliphatic hydroxyl groups excluding tert-OH is 1. The maximum atomic E-state index is 15.0. The molecule has 1 saturated heterocycles. The summed E-state index contributed by atoms with van der Waals surface area (Å²) in [6.45, 7) is 5.49. The monoisotopic (exact) mass is 726 g/mol. The number of para-hydroxylation sites is 1. The summed E-state index contributed by atoms with van der Waals surface area (Å²) in [7, 11) is 0. The van der Waals surface area contributed by atoms with Crippen molar-refractivity contribution < 1.29 is 24.5 Å². The van der Waals surface area contributed by atoms with Crippen LogP contribution in [0.5, 0.6) is 0 Å². The second kappa shape index (κ2) is 16.4. The predicted molar refractivity (Wildman–Crippen MR) is 215 cm³/mol. The van der Waals surface area contributed by atoms with Crippen molar-refractivity contribution in [3.63, 3.8) is 0 Å². The SMILES string of the molecule is CC1=CCC[C@@]2(C)[C@@H](CC[C@@]2(O)CN(C[C@H]2CCCO2)C(=O)Nc2ccccc2)c2ccc(cc2C(=O)c2ccccc2-c2ccccc2)C[C@@H](O)CC1. The molecule has 1 saturated carbocycles. The number of ketones is 1. The fourth-order valence-corrected chi connectivity index (χ4v) is 9.19. The van der Waals surface area contributed by atoms with Crippen LogP contribution >= 0.6 is 0 Å². The van der Waals surface area contributed by atoms with E-state index in [0.29, 0.717) is 62.1 Å². The lowest BCUT2D eigenvalue weighted by molar-refractivity contribution is -0.0799. The Morgan fingerprint density at radius 1 is 0.889 bits per heavy atom. The third-order valence-corrected chi connectivity index (χ3v) is 12.4. The maximum Gasteiger partial charge on any atom is 0.322 e. The predicted octanol–water partition coefficient (Wildman–Crippen LogP) is 9.34. The first kappa shape index (κ1) is 37.7. The van der Waals surface area contributed by atoms with Crippen molar-refractivity contribution in [2.24, 2.45) is 5.41 Å². The Morgan fingerprint density at radius 2 is 1.63 bits per heavy atom. The first-order valence-electron chi connectivity index (χ1n) is 19.7. The van der Waals surface area contributed by atoms with Crippen LogP contribution in [0.1, 0.15) is 98.2 Å². The van der Waals surface area contributed by atoms with Crippen LogP contribution in [-0.4, -0.2) is 64.4 Å². The van der Waals surface area contributed by atoms with Crippen molar-refractivity contribution in [1.29, 1.82) is 0 Å². The maximum absolute atomic E-state index is 15.0. The number of rotatable bonds is 8. The Balaban J connectivity index is 1.30. The van der Waals surface area contributed by atoms with Gasteiger partial charge in [-0.25, -0.2) is 4.79 Å². The van der Waals surface area contributed by atoms with E-state index in [0.717, 1.165) is 47.9 Å². The molecule has 8 rings (SSSR count). The lowest BCUT2D eigenvalue weighted by atomic mass is 9.64. The molecule has 2 bridgehead atoms. The number of carbonyl (C=O) groups excluding carboxylic acids is 2. The molecule has 4 aliphatic rings. The topological polar surface area (TPSA) is 99.1 Å². The fourth-order valence-electron chi connectivity index (χ4n) is 9.19. The number of amides is 2. The molecule has 0 unspecified atom stereocenters. The van der Waals surface area contributed by atoms with Crippen LogP contribution in [-0.2, 0) is 11.2 Å². The van der Waals surface area contributed by atoms with Crippen LogP contribution in [0.2, 0.25) is 0 Å². The van der Waals surface area contributed by atoms with Crippen LogP contribution in [0.25, 0.3) is 11.1 Å². The molecule has 0 aromatic heterocycles. The number of allylic oxidation sites excluding steroid dienone is 2. The highest BCUT2D eigenvalue weighted by Crippen LogP contribution is 2.59. The minimum atomic E-state index is -1.25. The Labute approximate surface area is 320 Å². The number of urea groups is 1. The van der Waals surface area contributed by atoms with Crippen molar-refractivity contribution in [3.05, 3.63) is 137 Å². The number of hydrogen-bond donors (Lipinski definition) is 3. The molecule has 3 N–H and O–H groups in total. The number of benzene rings is 4. The van der Waals surface area contributed by atoms with Gasteiger partial charge in [0.1, 0.15) is 0 Å². The molecule has 2 amide bonds. The van der Waals surface area contributed by atoms with E-state index in [2.05, 4.69) is 37.4 Å². The van der Waals surface area contributed by atoms with Gasteiger partial charge in [-0.1, -0.05) is 104 Å². The van der Waals surface area contributed by atoms with Gasteiger partial charge in [0.2, 0.25) is 0 Å². The number of nitrogens with one attached hydrogen (secondary N) is 1. The van der Waals surface area contributed by atoms with Crippen LogP contribution in [0, 0.1) is 5.41 Å². The van der Waals surface area contributed by atoms with E-state index in [1.807, 2.05) is 91.0 Å². The molecule has 0 spiro atoms. The number of ether oxygens (including phenoxy) is 1. The fraction of sp³-hybridized carbons (Fsp3) is 0.404. The quantitative estimate of drug-likeness (QED) is 0.124. The second-order valence-electron chi connectivity index (χ2n) is 16.0. The molecule has 7 nitrogen and oxygen atoms in total. The molecular formula is C47H54N2O5.